The van der Waals surface area contributed by atoms with Crippen LogP contribution in [0.4, 0.5) is 17.3 Å². The van der Waals surface area contributed by atoms with Crippen molar-refractivity contribution < 1.29 is 4.92 Å². The fourth-order valence-corrected chi connectivity index (χ4v) is 3.26. The van der Waals surface area contributed by atoms with Gasteiger partial charge in [-0.15, -0.1) is 0 Å². The molecule has 1 fully saturated rings. The van der Waals surface area contributed by atoms with Gasteiger partial charge in [0.05, 0.1) is 17.1 Å². The Bertz CT molecular complexity index is 483. The Kier molecular flexibility index (Phi) is 5.05. The normalized spacial score (nSPS) is 21.7. The highest BCUT2D eigenvalue weighted by molar-refractivity contribution is 7.99. The van der Waals surface area contributed by atoms with E-state index in [-0.39, 0.29) is 10.6 Å². The molecule has 2 N–H and O–H groups in total. The van der Waals surface area contributed by atoms with Crippen LogP contribution in [0.25, 0.3) is 0 Å². The number of nitro groups is 1. The number of hydrogen-bond acceptors (Lipinski definition) is 6. The topological polar surface area (TPSA) is 80.1 Å². The lowest BCUT2D eigenvalue weighted by Crippen LogP contribution is -2.17. The molecule has 0 radical (unpaired) electrons. The van der Waals surface area contributed by atoms with Gasteiger partial charge in [0, 0.05) is 17.8 Å². The Balaban J connectivity index is 2.12. The van der Waals surface area contributed by atoms with Crippen LogP contribution in [0, 0.1) is 10.1 Å². The number of rotatable bonds is 6. The van der Waals surface area contributed by atoms with Gasteiger partial charge < -0.3 is 10.6 Å². The molecule has 0 amide bonds. The van der Waals surface area contributed by atoms with E-state index in [1.807, 2.05) is 18.7 Å². The fourth-order valence-electron chi connectivity index (χ4n) is 2.46. The summed E-state index contributed by atoms with van der Waals surface area (Å²) in [6.45, 7) is 2.62. The first-order valence-electron chi connectivity index (χ1n) is 6.82. The van der Waals surface area contributed by atoms with E-state index in [4.69, 9.17) is 0 Å². The Morgan fingerprint density at radius 3 is 2.80 bits per heavy atom. The minimum Gasteiger partial charge on any atom is -0.370 e. The molecule has 20 heavy (non-hydrogen) atoms. The van der Waals surface area contributed by atoms with Crippen LogP contribution in [0.2, 0.25) is 0 Å². The van der Waals surface area contributed by atoms with Crippen molar-refractivity contribution in [3.05, 3.63) is 22.2 Å². The van der Waals surface area contributed by atoms with Gasteiger partial charge in [0.1, 0.15) is 11.6 Å². The van der Waals surface area contributed by atoms with E-state index in [2.05, 4.69) is 21.9 Å². The molecule has 110 valence electrons. The number of aromatic nitrogens is 1. The van der Waals surface area contributed by atoms with E-state index in [0.717, 1.165) is 12.8 Å². The molecule has 2 rings (SSSR count). The molecule has 1 saturated carbocycles. The zero-order chi connectivity index (χ0) is 14.5. The summed E-state index contributed by atoms with van der Waals surface area (Å²) in [5, 5.41) is 18.0. The second kappa shape index (κ2) is 6.78. The third-order valence-corrected chi connectivity index (χ3v) is 4.54. The summed E-state index contributed by atoms with van der Waals surface area (Å²) in [6, 6.07) is 3.33. The number of nitrogens with one attached hydrogen (secondary N) is 2. The van der Waals surface area contributed by atoms with Gasteiger partial charge in [-0.2, -0.15) is 11.8 Å². The average molecular weight is 296 g/mol. The van der Waals surface area contributed by atoms with Gasteiger partial charge in [-0.1, -0.05) is 0 Å². The Hall–Kier alpha value is -1.50. The van der Waals surface area contributed by atoms with Crippen molar-refractivity contribution in [1.29, 1.82) is 0 Å². The zero-order valence-corrected chi connectivity index (χ0v) is 12.6. The molecule has 2 unspecified atom stereocenters. The van der Waals surface area contributed by atoms with Crippen LogP contribution in [0.3, 0.4) is 0 Å². The number of hydrogen-bond donors (Lipinski definition) is 2. The van der Waals surface area contributed by atoms with Crippen LogP contribution < -0.4 is 10.6 Å². The first kappa shape index (κ1) is 14.9. The van der Waals surface area contributed by atoms with Crippen LogP contribution in [0.1, 0.15) is 26.2 Å². The monoisotopic (exact) mass is 296 g/mol. The van der Waals surface area contributed by atoms with Gasteiger partial charge in [0.25, 0.3) is 5.69 Å². The maximum atomic E-state index is 11.0. The number of thioether (sulfide) groups is 1. The molecule has 0 aliphatic heterocycles. The lowest BCUT2D eigenvalue weighted by molar-refractivity contribution is -0.384. The van der Waals surface area contributed by atoms with Gasteiger partial charge >= 0.3 is 0 Å². The van der Waals surface area contributed by atoms with E-state index < -0.39 is 0 Å². The van der Waals surface area contributed by atoms with Crippen molar-refractivity contribution in [1.82, 2.24) is 4.98 Å². The van der Waals surface area contributed by atoms with Crippen molar-refractivity contribution in [2.75, 3.05) is 23.4 Å². The van der Waals surface area contributed by atoms with Crippen LogP contribution in [-0.4, -0.2) is 34.0 Å². The molecule has 1 aromatic heterocycles. The van der Waals surface area contributed by atoms with E-state index >= 15 is 0 Å². The number of anilines is 2. The zero-order valence-electron chi connectivity index (χ0n) is 11.8. The third-order valence-electron chi connectivity index (χ3n) is 3.45. The molecule has 2 atom stereocenters. The molecule has 1 aliphatic rings. The molecular formula is C13H20N4O2S. The largest absolute Gasteiger partial charge is 0.370 e. The summed E-state index contributed by atoms with van der Waals surface area (Å²) in [7, 11) is 0. The van der Waals surface area contributed by atoms with Gasteiger partial charge in [-0.3, -0.25) is 10.1 Å². The molecular weight excluding hydrogens is 276 g/mol. The quantitative estimate of drug-likeness (QED) is 0.620. The molecule has 1 aliphatic carbocycles. The smallest absolute Gasteiger partial charge is 0.276 e. The molecule has 0 bridgehead atoms. The highest BCUT2D eigenvalue weighted by Crippen LogP contribution is 2.31. The van der Waals surface area contributed by atoms with Crippen molar-refractivity contribution in [2.45, 2.75) is 37.5 Å². The van der Waals surface area contributed by atoms with Crippen LogP contribution in [-0.2, 0) is 0 Å². The molecule has 0 saturated heterocycles. The Morgan fingerprint density at radius 2 is 2.20 bits per heavy atom. The van der Waals surface area contributed by atoms with Crippen molar-refractivity contribution >= 4 is 29.1 Å². The first-order valence-corrected chi connectivity index (χ1v) is 8.10. The summed E-state index contributed by atoms with van der Waals surface area (Å²) >= 11 is 1.89. The Morgan fingerprint density at radius 1 is 1.45 bits per heavy atom. The maximum Gasteiger partial charge on any atom is 0.276 e. The van der Waals surface area contributed by atoms with Crippen molar-refractivity contribution in [3.63, 3.8) is 0 Å². The maximum absolute atomic E-state index is 11.0. The molecule has 1 heterocycles. The molecule has 7 heteroatoms. The standard InChI is InChI=1S/C13H20N4O2S/c1-3-14-12-7-10(17(18)19)8-13(16-12)15-9-4-5-11(6-9)20-2/h7-9,11H,3-6H2,1-2H3,(H2,14,15,16). The fraction of sp³-hybridized carbons (Fsp3) is 0.615. The van der Waals surface area contributed by atoms with Crippen LogP contribution in [0.5, 0.6) is 0 Å². The molecule has 1 aromatic rings. The third kappa shape index (κ3) is 3.75. The average Bonchev–Trinajstić information content (AvgIpc) is 2.86. The summed E-state index contributed by atoms with van der Waals surface area (Å²) in [5.41, 5.74) is 0.0675. The van der Waals surface area contributed by atoms with E-state index in [0.29, 0.717) is 29.5 Å². The Labute approximate surface area is 122 Å². The van der Waals surface area contributed by atoms with Gasteiger partial charge in [0.2, 0.25) is 0 Å². The van der Waals surface area contributed by atoms with Crippen LogP contribution in [0.15, 0.2) is 12.1 Å². The number of pyridine rings is 1. The van der Waals surface area contributed by atoms with Gasteiger partial charge in [0.15, 0.2) is 0 Å². The summed E-state index contributed by atoms with van der Waals surface area (Å²) in [6.07, 6.45) is 5.49. The van der Waals surface area contributed by atoms with Crippen molar-refractivity contribution in [3.8, 4) is 0 Å². The van der Waals surface area contributed by atoms with Gasteiger partial charge in [-0.25, -0.2) is 4.98 Å². The predicted molar refractivity (Wildman–Crippen MR) is 83.6 cm³/mol. The SMILES string of the molecule is CCNc1cc([N+](=O)[O-])cc(NC2CCC(SC)C2)n1. The molecule has 0 spiro atoms. The summed E-state index contributed by atoms with van der Waals surface area (Å²) in [4.78, 5) is 15.0. The first-order chi connectivity index (χ1) is 9.62. The van der Waals surface area contributed by atoms with E-state index in [1.165, 1.54) is 18.6 Å². The predicted octanol–water partition coefficient (Wildman–Crippen LogP) is 3.12. The summed E-state index contributed by atoms with van der Waals surface area (Å²) < 4.78 is 0. The van der Waals surface area contributed by atoms with Crippen LogP contribution >= 0.6 is 11.8 Å². The second-order valence-electron chi connectivity index (χ2n) is 4.90. The van der Waals surface area contributed by atoms with E-state index in [1.54, 1.807) is 0 Å². The summed E-state index contributed by atoms with van der Waals surface area (Å²) in [5.74, 6) is 1.13. The highest BCUT2D eigenvalue weighted by Gasteiger charge is 2.24. The highest BCUT2D eigenvalue weighted by atomic mass is 32.2. The van der Waals surface area contributed by atoms with E-state index in [9.17, 15) is 10.1 Å². The molecule has 6 nitrogen and oxygen atoms in total. The molecule has 0 aromatic carbocycles. The van der Waals surface area contributed by atoms with Gasteiger partial charge in [-0.05, 0) is 32.4 Å². The lowest BCUT2D eigenvalue weighted by atomic mass is 10.2. The minimum absolute atomic E-state index is 0.0675. The lowest BCUT2D eigenvalue weighted by Gasteiger charge is -2.14. The van der Waals surface area contributed by atoms with Crippen molar-refractivity contribution in [2.24, 2.45) is 0 Å². The minimum atomic E-state index is -0.382. The second-order valence-corrected chi connectivity index (χ2v) is 6.03. The number of nitrogens with zero attached hydrogens (tertiary/aromatic N) is 2.